The van der Waals surface area contributed by atoms with Gasteiger partial charge in [-0.3, -0.25) is 4.79 Å². The van der Waals surface area contributed by atoms with E-state index in [0.29, 0.717) is 11.6 Å². The van der Waals surface area contributed by atoms with Crippen LogP contribution in [0.15, 0.2) is 54.9 Å². The molecule has 1 amide bonds. The number of pyridine rings is 1. The highest BCUT2D eigenvalue weighted by molar-refractivity contribution is 5.94. The molecule has 3 heterocycles. The minimum absolute atomic E-state index is 0.0983. The van der Waals surface area contributed by atoms with Crippen LogP contribution in [0.3, 0.4) is 0 Å². The van der Waals surface area contributed by atoms with Gasteiger partial charge in [-0.1, -0.05) is 30.3 Å². The Bertz CT molecular complexity index is 900. The first-order chi connectivity index (χ1) is 12.1. The van der Waals surface area contributed by atoms with Gasteiger partial charge < -0.3 is 14.2 Å². The Kier molecular flexibility index (Phi) is 4.01. The van der Waals surface area contributed by atoms with Crippen molar-refractivity contribution in [1.82, 2.24) is 19.2 Å². The molecule has 3 aromatic rings. The molecule has 1 aromatic carbocycles. The molecule has 1 aliphatic heterocycles. The largest absolute Gasteiger partial charge is 0.337 e. The highest BCUT2D eigenvalue weighted by Gasteiger charge is 2.28. The number of hydrogen-bond acceptors (Lipinski definition) is 3. The third-order valence-corrected chi connectivity index (χ3v) is 4.95. The number of imidazole rings is 1. The number of hydrogen-bond donors (Lipinski definition) is 0. The molecule has 4 rings (SSSR count). The van der Waals surface area contributed by atoms with Crippen LogP contribution in [0.25, 0.3) is 16.9 Å². The fraction of sp³-hybridized carbons (Fsp3) is 0.300. The van der Waals surface area contributed by atoms with Crippen molar-refractivity contribution in [2.75, 3.05) is 27.2 Å². The van der Waals surface area contributed by atoms with E-state index >= 15 is 0 Å². The van der Waals surface area contributed by atoms with Gasteiger partial charge in [0.2, 0.25) is 0 Å². The molecule has 0 unspecified atom stereocenters. The van der Waals surface area contributed by atoms with Crippen LogP contribution in [0.1, 0.15) is 16.8 Å². The van der Waals surface area contributed by atoms with Gasteiger partial charge in [-0.2, -0.15) is 0 Å². The van der Waals surface area contributed by atoms with Crippen LogP contribution in [0.5, 0.6) is 0 Å². The number of benzene rings is 1. The molecule has 0 N–H and O–H groups in total. The van der Waals surface area contributed by atoms with Crippen LogP contribution in [0.2, 0.25) is 0 Å². The number of rotatable bonds is 3. The maximum Gasteiger partial charge on any atom is 0.255 e. The topological polar surface area (TPSA) is 40.8 Å². The smallest absolute Gasteiger partial charge is 0.255 e. The summed E-state index contributed by atoms with van der Waals surface area (Å²) in [4.78, 5) is 21.6. The maximum atomic E-state index is 12.8. The molecule has 0 spiro atoms. The summed E-state index contributed by atoms with van der Waals surface area (Å²) >= 11 is 0. The number of carbonyl (C=O) groups excluding carboxylic acids is 1. The number of nitrogens with zero attached hydrogens (tertiary/aromatic N) is 4. The molecule has 25 heavy (non-hydrogen) atoms. The Labute approximate surface area is 147 Å². The lowest BCUT2D eigenvalue weighted by Gasteiger charge is -2.20. The number of likely N-dealkylation sites (tertiary alicyclic amines) is 1. The number of carbonyl (C=O) groups is 1. The summed E-state index contributed by atoms with van der Waals surface area (Å²) in [5.74, 6) is 0.0983. The minimum atomic E-state index is 0.0983. The normalized spacial score (nSPS) is 17.6. The van der Waals surface area contributed by atoms with Gasteiger partial charge in [-0.15, -0.1) is 0 Å². The van der Waals surface area contributed by atoms with Crippen molar-refractivity contribution in [1.29, 1.82) is 0 Å². The average Bonchev–Trinajstić information content (AvgIpc) is 3.28. The van der Waals surface area contributed by atoms with Gasteiger partial charge in [0.05, 0.1) is 11.3 Å². The summed E-state index contributed by atoms with van der Waals surface area (Å²) in [7, 11) is 4.14. The second kappa shape index (κ2) is 6.33. The monoisotopic (exact) mass is 334 g/mol. The van der Waals surface area contributed by atoms with Gasteiger partial charge in [0, 0.05) is 37.1 Å². The first-order valence-electron chi connectivity index (χ1n) is 8.62. The maximum absolute atomic E-state index is 12.8. The van der Waals surface area contributed by atoms with E-state index in [4.69, 9.17) is 0 Å². The molecule has 1 aliphatic rings. The van der Waals surface area contributed by atoms with E-state index in [0.717, 1.165) is 36.4 Å². The molecule has 5 heteroatoms. The van der Waals surface area contributed by atoms with Gasteiger partial charge in [-0.25, -0.2) is 4.98 Å². The van der Waals surface area contributed by atoms with Gasteiger partial charge in [0.25, 0.3) is 5.91 Å². The molecule has 128 valence electrons. The molecule has 0 saturated carbocycles. The number of amides is 1. The summed E-state index contributed by atoms with van der Waals surface area (Å²) in [5.41, 5.74) is 3.55. The standard InChI is InChI=1S/C20H22N4O/c1-22(2)17-10-11-23(13-17)20(25)16-8-9-19-21-18(14-24(19)12-16)15-6-4-3-5-7-15/h3-9,12,14,17H,10-11,13H2,1-2H3/t17-/m0/s1. The SMILES string of the molecule is CN(C)[C@H]1CCN(C(=O)c2ccc3nc(-c4ccccc4)cn3c2)C1. The number of likely N-dealkylation sites (N-methyl/N-ethyl adjacent to an activating group) is 1. The molecular formula is C20H22N4O. The molecular weight excluding hydrogens is 312 g/mol. The first-order valence-corrected chi connectivity index (χ1v) is 8.62. The molecule has 0 bridgehead atoms. The van der Waals surface area contributed by atoms with Gasteiger partial charge in [0.1, 0.15) is 5.65 Å². The zero-order valence-corrected chi connectivity index (χ0v) is 14.6. The van der Waals surface area contributed by atoms with E-state index in [-0.39, 0.29) is 5.91 Å². The predicted octanol–water partition coefficient (Wildman–Crippen LogP) is 2.78. The Hall–Kier alpha value is -2.66. The zero-order valence-electron chi connectivity index (χ0n) is 14.6. The Morgan fingerprint density at radius 3 is 2.64 bits per heavy atom. The lowest BCUT2D eigenvalue weighted by molar-refractivity contribution is 0.0782. The molecule has 0 radical (unpaired) electrons. The lowest BCUT2D eigenvalue weighted by Crippen LogP contribution is -2.34. The van der Waals surface area contributed by atoms with Crippen molar-refractivity contribution >= 4 is 11.6 Å². The highest BCUT2D eigenvalue weighted by Crippen LogP contribution is 2.21. The molecule has 2 aromatic heterocycles. The van der Waals surface area contributed by atoms with E-state index in [9.17, 15) is 4.79 Å². The van der Waals surface area contributed by atoms with E-state index in [1.807, 2.05) is 64.2 Å². The third-order valence-electron chi connectivity index (χ3n) is 4.95. The van der Waals surface area contributed by atoms with Gasteiger partial charge in [-0.05, 0) is 32.6 Å². The molecule has 1 atom stereocenters. The fourth-order valence-corrected chi connectivity index (χ4v) is 3.40. The van der Waals surface area contributed by atoms with Crippen molar-refractivity contribution in [3.05, 3.63) is 60.4 Å². The van der Waals surface area contributed by atoms with E-state index < -0.39 is 0 Å². The summed E-state index contributed by atoms with van der Waals surface area (Å²) in [6.45, 7) is 1.61. The van der Waals surface area contributed by atoms with E-state index in [2.05, 4.69) is 24.0 Å². The van der Waals surface area contributed by atoms with Crippen molar-refractivity contribution in [2.24, 2.45) is 0 Å². The van der Waals surface area contributed by atoms with Crippen molar-refractivity contribution < 1.29 is 4.79 Å². The third kappa shape index (κ3) is 3.03. The highest BCUT2D eigenvalue weighted by atomic mass is 16.2. The Morgan fingerprint density at radius 2 is 1.92 bits per heavy atom. The second-order valence-electron chi connectivity index (χ2n) is 6.83. The van der Waals surface area contributed by atoms with Gasteiger partial charge in [0.15, 0.2) is 0 Å². The Morgan fingerprint density at radius 1 is 1.12 bits per heavy atom. The van der Waals surface area contributed by atoms with Crippen LogP contribution in [-0.2, 0) is 0 Å². The summed E-state index contributed by atoms with van der Waals surface area (Å²) in [5, 5.41) is 0. The average molecular weight is 334 g/mol. The minimum Gasteiger partial charge on any atom is -0.337 e. The van der Waals surface area contributed by atoms with Crippen LogP contribution < -0.4 is 0 Å². The van der Waals surface area contributed by atoms with Crippen LogP contribution >= 0.6 is 0 Å². The molecule has 0 aliphatic carbocycles. The van der Waals surface area contributed by atoms with Crippen molar-refractivity contribution in [2.45, 2.75) is 12.5 Å². The summed E-state index contributed by atoms with van der Waals surface area (Å²) < 4.78 is 1.94. The summed E-state index contributed by atoms with van der Waals surface area (Å²) in [6.07, 6.45) is 4.90. The van der Waals surface area contributed by atoms with Crippen LogP contribution in [0, 0.1) is 0 Å². The predicted molar refractivity (Wildman–Crippen MR) is 98.6 cm³/mol. The molecule has 1 fully saturated rings. The lowest BCUT2D eigenvalue weighted by atomic mass is 10.2. The zero-order chi connectivity index (χ0) is 17.4. The second-order valence-corrected chi connectivity index (χ2v) is 6.83. The van der Waals surface area contributed by atoms with Gasteiger partial charge >= 0.3 is 0 Å². The van der Waals surface area contributed by atoms with Crippen LogP contribution in [0.4, 0.5) is 0 Å². The van der Waals surface area contributed by atoms with E-state index in [1.165, 1.54) is 0 Å². The van der Waals surface area contributed by atoms with Crippen molar-refractivity contribution in [3.63, 3.8) is 0 Å². The number of fused-ring (bicyclic) bond motifs is 1. The van der Waals surface area contributed by atoms with E-state index in [1.54, 1.807) is 0 Å². The fourth-order valence-electron chi connectivity index (χ4n) is 3.40. The van der Waals surface area contributed by atoms with Crippen LogP contribution in [-0.4, -0.2) is 58.3 Å². The summed E-state index contributed by atoms with van der Waals surface area (Å²) in [6, 6.07) is 14.3. The first kappa shape index (κ1) is 15.8. The molecule has 5 nitrogen and oxygen atoms in total. The number of aromatic nitrogens is 2. The Balaban J connectivity index is 1.60. The molecule has 1 saturated heterocycles. The van der Waals surface area contributed by atoms with Crippen molar-refractivity contribution in [3.8, 4) is 11.3 Å². The quantitative estimate of drug-likeness (QED) is 0.739.